The molecule has 1 aromatic heterocycles. The van der Waals surface area contributed by atoms with Gasteiger partial charge in [-0.1, -0.05) is 25.7 Å². The zero-order valence-electron chi connectivity index (χ0n) is 8.85. The molecule has 0 saturated heterocycles. The third kappa shape index (κ3) is 2.61. The standard InChI is InChI=1S/C12H16N2O/c15-12(11-7-13-9-14-8-11)10-5-3-1-2-4-6-10/h7-10H,1-6H2. The quantitative estimate of drug-likeness (QED) is 0.549. The number of carbonyl (C=O) groups is 1. The van der Waals surface area contributed by atoms with E-state index in [1.54, 1.807) is 12.4 Å². The van der Waals surface area contributed by atoms with Crippen molar-refractivity contribution in [2.24, 2.45) is 5.92 Å². The van der Waals surface area contributed by atoms with Gasteiger partial charge in [-0.2, -0.15) is 0 Å². The lowest BCUT2D eigenvalue weighted by atomic mass is 9.92. The largest absolute Gasteiger partial charge is 0.294 e. The Morgan fingerprint density at radius 3 is 2.27 bits per heavy atom. The number of ketones is 1. The Kier molecular flexibility index (Phi) is 3.43. The Hall–Kier alpha value is -1.25. The van der Waals surface area contributed by atoms with E-state index in [1.807, 2.05) is 0 Å². The lowest BCUT2D eigenvalue weighted by Crippen LogP contribution is -2.14. The van der Waals surface area contributed by atoms with Crippen LogP contribution in [0.1, 0.15) is 48.9 Å². The molecule has 0 N–H and O–H groups in total. The number of nitrogens with zero attached hydrogens (tertiary/aromatic N) is 2. The number of Topliss-reactive ketones (excluding diaryl/α,β-unsaturated/α-hetero) is 1. The maximum absolute atomic E-state index is 12.1. The average molecular weight is 204 g/mol. The Balaban J connectivity index is 2.06. The maximum atomic E-state index is 12.1. The summed E-state index contributed by atoms with van der Waals surface area (Å²) in [6.45, 7) is 0. The lowest BCUT2D eigenvalue weighted by Gasteiger charge is -2.11. The minimum atomic E-state index is 0.207. The third-order valence-corrected chi connectivity index (χ3v) is 3.07. The van der Waals surface area contributed by atoms with Gasteiger partial charge in [0.2, 0.25) is 0 Å². The number of hydrogen-bond acceptors (Lipinski definition) is 3. The van der Waals surface area contributed by atoms with Crippen molar-refractivity contribution in [1.29, 1.82) is 0 Å². The molecule has 3 heteroatoms. The first-order valence-corrected chi connectivity index (χ1v) is 5.67. The van der Waals surface area contributed by atoms with Crippen molar-refractivity contribution in [1.82, 2.24) is 9.97 Å². The molecule has 0 aliphatic heterocycles. The Morgan fingerprint density at radius 2 is 1.67 bits per heavy atom. The Morgan fingerprint density at radius 1 is 1.07 bits per heavy atom. The molecule has 0 radical (unpaired) electrons. The lowest BCUT2D eigenvalue weighted by molar-refractivity contribution is 0.0907. The molecule has 1 aromatic rings. The van der Waals surface area contributed by atoms with Crippen molar-refractivity contribution in [3.05, 3.63) is 24.3 Å². The van der Waals surface area contributed by atoms with Crippen molar-refractivity contribution in [2.75, 3.05) is 0 Å². The van der Waals surface area contributed by atoms with E-state index in [1.165, 1.54) is 32.0 Å². The maximum Gasteiger partial charge on any atom is 0.169 e. The van der Waals surface area contributed by atoms with Crippen LogP contribution in [0, 0.1) is 5.92 Å². The van der Waals surface area contributed by atoms with Gasteiger partial charge in [0.1, 0.15) is 6.33 Å². The van der Waals surface area contributed by atoms with Crippen LogP contribution >= 0.6 is 0 Å². The van der Waals surface area contributed by atoms with E-state index in [4.69, 9.17) is 0 Å². The van der Waals surface area contributed by atoms with Gasteiger partial charge in [0.05, 0.1) is 5.56 Å². The van der Waals surface area contributed by atoms with E-state index >= 15 is 0 Å². The Labute approximate surface area is 89.9 Å². The summed E-state index contributed by atoms with van der Waals surface area (Å²) in [5.74, 6) is 0.441. The van der Waals surface area contributed by atoms with E-state index in [0.717, 1.165) is 12.8 Å². The van der Waals surface area contributed by atoms with E-state index in [-0.39, 0.29) is 11.7 Å². The Bertz CT molecular complexity index is 316. The highest BCUT2D eigenvalue weighted by Gasteiger charge is 2.21. The molecule has 0 atom stereocenters. The van der Waals surface area contributed by atoms with Crippen LogP contribution in [0.15, 0.2) is 18.7 Å². The van der Waals surface area contributed by atoms with Gasteiger partial charge in [-0.05, 0) is 12.8 Å². The molecule has 3 nitrogen and oxygen atoms in total. The van der Waals surface area contributed by atoms with Crippen molar-refractivity contribution >= 4 is 5.78 Å². The van der Waals surface area contributed by atoms with Crippen LogP contribution in [0.5, 0.6) is 0 Å². The SMILES string of the molecule is O=C(c1cncnc1)C1CCCCCC1. The summed E-state index contributed by atoms with van der Waals surface area (Å²) in [4.78, 5) is 19.9. The predicted molar refractivity (Wildman–Crippen MR) is 57.6 cm³/mol. The monoisotopic (exact) mass is 204 g/mol. The molecule has 0 amide bonds. The fourth-order valence-corrected chi connectivity index (χ4v) is 2.20. The molecule has 15 heavy (non-hydrogen) atoms. The van der Waals surface area contributed by atoms with Gasteiger partial charge in [-0.15, -0.1) is 0 Å². The molecule has 0 bridgehead atoms. The van der Waals surface area contributed by atoms with Gasteiger partial charge < -0.3 is 0 Å². The first-order valence-electron chi connectivity index (χ1n) is 5.67. The van der Waals surface area contributed by atoms with Crippen molar-refractivity contribution in [3.63, 3.8) is 0 Å². The van der Waals surface area contributed by atoms with Gasteiger partial charge in [-0.25, -0.2) is 9.97 Å². The second-order valence-corrected chi connectivity index (χ2v) is 4.18. The van der Waals surface area contributed by atoms with Crippen LogP contribution in [0.4, 0.5) is 0 Å². The van der Waals surface area contributed by atoms with E-state index in [0.29, 0.717) is 5.56 Å². The highest BCUT2D eigenvalue weighted by atomic mass is 16.1. The van der Waals surface area contributed by atoms with E-state index in [9.17, 15) is 4.79 Å². The minimum Gasteiger partial charge on any atom is -0.294 e. The molecule has 1 aliphatic carbocycles. The van der Waals surface area contributed by atoms with Crippen LogP contribution in [-0.4, -0.2) is 15.8 Å². The molecule has 1 aliphatic rings. The molecule has 0 spiro atoms. The van der Waals surface area contributed by atoms with Crippen LogP contribution in [0.25, 0.3) is 0 Å². The first kappa shape index (κ1) is 10.3. The number of aromatic nitrogens is 2. The summed E-state index contributed by atoms with van der Waals surface area (Å²) in [7, 11) is 0. The number of carbonyl (C=O) groups excluding carboxylic acids is 1. The minimum absolute atomic E-state index is 0.207. The molecule has 1 heterocycles. The van der Waals surface area contributed by atoms with E-state index < -0.39 is 0 Å². The van der Waals surface area contributed by atoms with Crippen molar-refractivity contribution in [2.45, 2.75) is 38.5 Å². The highest BCUT2D eigenvalue weighted by molar-refractivity contribution is 5.97. The van der Waals surface area contributed by atoms with Gasteiger partial charge in [0.15, 0.2) is 5.78 Å². The molecule has 80 valence electrons. The van der Waals surface area contributed by atoms with Gasteiger partial charge in [0, 0.05) is 18.3 Å². The summed E-state index contributed by atoms with van der Waals surface area (Å²) in [5.41, 5.74) is 0.671. The summed E-state index contributed by atoms with van der Waals surface area (Å²) in [6.07, 6.45) is 11.7. The van der Waals surface area contributed by atoms with Gasteiger partial charge in [-0.3, -0.25) is 4.79 Å². The molecule has 1 saturated carbocycles. The average Bonchev–Trinajstić information content (AvgIpc) is 2.58. The molecule has 0 aromatic carbocycles. The normalized spacial score (nSPS) is 18.4. The van der Waals surface area contributed by atoms with Gasteiger partial charge in [0.25, 0.3) is 0 Å². The zero-order chi connectivity index (χ0) is 10.5. The molecular weight excluding hydrogens is 188 g/mol. The van der Waals surface area contributed by atoms with E-state index in [2.05, 4.69) is 9.97 Å². The van der Waals surface area contributed by atoms with Crippen LogP contribution in [-0.2, 0) is 0 Å². The van der Waals surface area contributed by atoms with Crippen molar-refractivity contribution in [3.8, 4) is 0 Å². The molecule has 1 fully saturated rings. The van der Waals surface area contributed by atoms with Crippen LogP contribution in [0.3, 0.4) is 0 Å². The third-order valence-electron chi connectivity index (χ3n) is 3.07. The van der Waals surface area contributed by atoms with Crippen LogP contribution < -0.4 is 0 Å². The smallest absolute Gasteiger partial charge is 0.169 e. The topological polar surface area (TPSA) is 42.9 Å². The summed E-state index contributed by atoms with van der Waals surface area (Å²) < 4.78 is 0. The second-order valence-electron chi connectivity index (χ2n) is 4.18. The van der Waals surface area contributed by atoms with Crippen molar-refractivity contribution < 1.29 is 4.79 Å². The summed E-state index contributed by atoms with van der Waals surface area (Å²) in [5, 5.41) is 0. The van der Waals surface area contributed by atoms with Crippen LogP contribution in [0.2, 0.25) is 0 Å². The number of hydrogen-bond donors (Lipinski definition) is 0. The fourth-order valence-electron chi connectivity index (χ4n) is 2.20. The first-order chi connectivity index (χ1) is 7.38. The second kappa shape index (κ2) is 5.01. The summed E-state index contributed by atoms with van der Waals surface area (Å²) in [6, 6.07) is 0. The summed E-state index contributed by atoms with van der Waals surface area (Å²) >= 11 is 0. The zero-order valence-corrected chi connectivity index (χ0v) is 8.85. The predicted octanol–water partition coefficient (Wildman–Crippen LogP) is 2.63. The highest BCUT2D eigenvalue weighted by Crippen LogP contribution is 2.25. The molecule has 2 rings (SSSR count). The number of rotatable bonds is 2. The molecule has 0 unspecified atom stereocenters. The fraction of sp³-hybridized carbons (Fsp3) is 0.583. The van der Waals surface area contributed by atoms with Gasteiger partial charge >= 0.3 is 0 Å². The molecular formula is C12H16N2O.